The largest absolute Gasteiger partial charge is 0.354 e. The molecule has 4 N–H and O–H groups in total. The molecule has 1 fully saturated rings. The third kappa shape index (κ3) is 4.67. The highest BCUT2D eigenvalue weighted by Crippen LogP contribution is 2.26. The molecule has 1 atom stereocenters. The van der Waals surface area contributed by atoms with Crippen LogP contribution in [0.2, 0.25) is 0 Å². The number of aromatic nitrogens is 2. The van der Waals surface area contributed by atoms with Gasteiger partial charge in [0.2, 0.25) is 5.91 Å². The lowest BCUT2D eigenvalue weighted by Crippen LogP contribution is -2.42. The van der Waals surface area contributed by atoms with Crippen molar-refractivity contribution in [3.8, 4) is 0 Å². The van der Waals surface area contributed by atoms with E-state index < -0.39 is 0 Å². The minimum absolute atomic E-state index is 0.0268. The van der Waals surface area contributed by atoms with Gasteiger partial charge in [0.15, 0.2) is 0 Å². The summed E-state index contributed by atoms with van der Waals surface area (Å²) in [5, 5.41) is 2.89. The Labute approximate surface area is 114 Å². The molecule has 1 unspecified atom stereocenters. The number of H-pyrrole nitrogens is 1. The first-order chi connectivity index (χ1) is 9.25. The van der Waals surface area contributed by atoms with Crippen LogP contribution in [0, 0.1) is 5.92 Å². The summed E-state index contributed by atoms with van der Waals surface area (Å²) in [7, 11) is 0. The standard InChI is InChI=1S/C14H24N4O/c15-13(8-11-4-2-1-3-5-11)14(19)17-7-6-12-9-16-10-18-12/h9-11,13H,1-8,15H2,(H,16,18)(H,17,19). The van der Waals surface area contributed by atoms with Crippen LogP contribution in [0.25, 0.3) is 0 Å². The number of carbonyl (C=O) groups is 1. The van der Waals surface area contributed by atoms with Crippen molar-refractivity contribution in [1.82, 2.24) is 15.3 Å². The molecular formula is C14H24N4O. The second-order valence-electron chi connectivity index (χ2n) is 5.45. The molecule has 0 radical (unpaired) electrons. The normalized spacial score (nSPS) is 18.2. The number of hydrogen-bond acceptors (Lipinski definition) is 3. The number of hydrogen-bond donors (Lipinski definition) is 3. The summed E-state index contributed by atoms with van der Waals surface area (Å²) < 4.78 is 0. The maximum Gasteiger partial charge on any atom is 0.236 e. The van der Waals surface area contributed by atoms with Gasteiger partial charge in [0.1, 0.15) is 0 Å². The van der Waals surface area contributed by atoms with E-state index in [4.69, 9.17) is 5.73 Å². The highest BCUT2D eigenvalue weighted by molar-refractivity contribution is 5.81. The second-order valence-corrected chi connectivity index (χ2v) is 5.45. The van der Waals surface area contributed by atoms with Gasteiger partial charge in [-0.1, -0.05) is 32.1 Å². The molecule has 0 aromatic carbocycles. The Morgan fingerprint density at radius 3 is 2.95 bits per heavy atom. The molecule has 1 heterocycles. The summed E-state index contributed by atoms with van der Waals surface area (Å²) in [5.74, 6) is 0.613. The van der Waals surface area contributed by atoms with Gasteiger partial charge in [-0.25, -0.2) is 4.98 Å². The Bertz CT molecular complexity index is 371. The summed E-state index contributed by atoms with van der Waals surface area (Å²) in [4.78, 5) is 18.9. The Hall–Kier alpha value is -1.36. The molecule has 1 aromatic rings. The van der Waals surface area contributed by atoms with Crippen LogP contribution in [-0.4, -0.2) is 28.5 Å². The number of nitrogens with zero attached hydrogens (tertiary/aromatic N) is 1. The van der Waals surface area contributed by atoms with E-state index in [2.05, 4.69) is 15.3 Å². The fraction of sp³-hybridized carbons (Fsp3) is 0.714. The average Bonchev–Trinajstić information content (AvgIpc) is 2.93. The number of nitrogens with two attached hydrogens (primary N) is 1. The summed E-state index contributed by atoms with van der Waals surface area (Å²) in [6.45, 7) is 0.599. The zero-order valence-electron chi connectivity index (χ0n) is 11.4. The average molecular weight is 264 g/mol. The number of aromatic amines is 1. The second kappa shape index (κ2) is 7.28. The molecule has 5 heteroatoms. The lowest BCUT2D eigenvalue weighted by atomic mass is 9.85. The van der Waals surface area contributed by atoms with Crippen molar-refractivity contribution >= 4 is 5.91 Å². The van der Waals surface area contributed by atoms with Gasteiger partial charge in [-0.15, -0.1) is 0 Å². The molecule has 1 amide bonds. The lowest BCUT2D eigenvalue weighted by Gasteiger charge is -2.24. The van der Waals surface area contributed by atoms with Gasteiger partial charge in [-0.05, 0) is 12.3 Å². The smallest absolute Gasteiger partial charge is 0.236 e. The van der Waals surface area contributed by atoms with Crippen molar-refractivity contribution in [2.75, 3.05) is 6.54 Å². The van der Waals surface area contributed by atoms with Crippen molar-refractivity contribution in [3.05, 3.63) is 18.2 Å². The van der Waals surface area contributed by atoms with Gasteiger partial charge in [0.05, 0.1) is 18.1 Å². The Balaban J connectivity index is 1.64. The Morgan fingerprint density at radius 1 is 1.47 bits per heavy atom. The quantitative estimate of drug-likeness (QED) is 0.725. The van der Waals surface area contributed by atoms with E-state index in [0.717, 1.165) is 18.5 Å². The molecule has 0 bridgehead atoms. The summed E-state index contributed by atoms with van der Waals surface area (Å²) in [5.41, 5.74) is 6.93. The van der Waals surface area contributed by atoms with Gasteiger partial charge >= 0.3 is 0 Å². The van der Waals surface area contributed by atoms with Crippen LogP contribution < -0.4 is 11.1 Å². The summed E-state index contributed by atoms with van der Waals surface area (Å²) >= 11 is 0. The molecule has 5 nitrogen and oxygen atoms in total. The molecule has 1 aliphatic carbocycles. The summed E-state index contributed by atoms with van der Waals surface area (Å²) in [6.07, 6.45) is 11.4. The van der Waals surface area contributed by atoms with Gasteiger partial charge in [0, 0.05) is 19.2 Å². The van der Waals surface area contributed by atoms with Crippen molar-refractivity contribution in [1.29, 1.82) is 0 Å². The number of imidazole rings is 1. The summed E-state index contributed by atoms with van der Waals surface area (Å²) in [6, 6.07) is -0.359. The zero-order chi connectivity index (χ0) is 13.5. The van der Waals surface area contributed by atoms with E-state index in [0.29, 0.717) is 12.5 Å². The molecule has 0 spiro atoms. The monoisotopic (exact) mass is 264 g/mol. The van der Waals surface area contributed by atoms with Crippen molar-refractivity contribution in [2.24, 2.45) is 11.7 Å². The van der Waals surface area contributed by atoms with Crippen LogP contribution in [0.3, 0.4) is 0 Å². The van der Waals surface area contributed by atoms with Crippen LogP contribution in [0.5, 0.6) is 0 Å². The molecule has 1 aliphatic rings. The Kier molecular flexibility index (Phi) is 5.39. The van der Waals surface area contributed by atoms with Crippen molar-refractivity contribution in [2.45, 2.75) is 51.0 Å². The van der Waals surface area contributed by atoms with E-state index in [1.165, 1.54) is 32.1 Å². The van der Waals surface area contributed by atoms with Crippen LogP contribution in [0.1, 0.15) is 44.2 Å². The fourth-order valence-electron chi connectivity index (χ4n) is 2.76. The molecule has 19 heavy (non-hydrogen) atoms. The highest BCUT2D eigenvalue weighted by Gasteiger charge is 2.20. The lowest BCUT2D eigenvalue weighted by molar-refractivity contribution is -0.122. The van der Waals surface area contributed by atoms with E-state index in [-0.39, 0.29) is 11.9 Å². The molecule has 1 aromatic heterocycles. The first-order valence-electron chi connectivity index (χ1n) is 7.26. The van der Waals surface area contributed by atoms with Gasteiger partial charge in [-0.3, -0.25) is 4.79 Å². The van der Waals surface area contributed by atoms with Crippen LogP contribution >= 0.6 is 0 Å². The highest BCUT2D eigenvalue weighted by atomic mass is 16.2. The third-order valence-corrected chi connectivity index (χ3v) is 3.88. The number of rotatable bonds is 6. The molecular weight excluding hydrogens is 240 g/mol. The SMILES string of the molecule is NC(CC1CCCCC1)C(=O)NCCc1c[nH]cn1. The van der Waals surface area contributed by atoms with Gasteiger partial charge in [-0.2, -0.15) is 0 Å². The number of amides is 1. The predicted molar refractivity (Wildman–Crippen MR) is 74.5 cm³/mol. The molecule has 0 aliphatic heterocycles. The molecule has 1 saturated carbocycles. The predicted octanol–water partition coefficient (Wildman–Crippen LogP) is 1.37. The van der Waals surface area contributed by atoms with E-state index in [1.54, 1.807) is 6.33 Å². The first-order valence-corrected chi connectivity index (χ1v) is 7.26. The van der Waals surface area contributed by atoms with Crippen LogP contribution in [0.15, 0.2) is 12.5 Å². The number of nitrogens with one attached hydrogen (secondary N) is 2. The van der Waals surface area contributed by atoms with Crippen molar-refractivity contribution in [3.63, 3.8) is 0 Å². The minimum Gasteiger partial charge on any atom is -0.354 e. The van der Waals surface area contributed by atoms with E-state index >= 15 is 0 Å². The molecule has 0 saturated heterocycles. The topological polar surface area (TPSA) is 83.8 Å². The van der Waals surface area contributed by atoms with Crippen LogP contribution in [0.4, 0.5) is 0 Å². The third-order valence-electron chi connectivity index (χ3n) is 3.88. The maximum atomic E-state index is 11.9. The first kappa shape index (κ1) is 14.1. The van der Waals surface area contributed by atoms with E-state index in [9.17, 15) is 4.79 Å². The molecule has 2 rings (SSSR count). The number of carbonyl (C=O) groups excluding carboxylic acids is 1. The minimum atomic E-state index is -0.359. The fourth-order valence-corrected chi connectivity index (χ4v) is 2.76. The molecule has 106 valence electrons. The Morgan fingerprint density at radius 2 is 2.26 bits per heavy atom. The van der Waals surface area contributed by atoms with Crippen LogP contribution in [-0.2, 0) is 11.2 Å². The van der Waals surface area contributed by atoms with Crippen molar-refractivity contribution < 1.29 is 4.79 Å². The zero-order valence-corrected chi connectivity index (χ0v) is 11.4. The van der Waals surface area contributed by atoms with Gasteiger partial charge in [0.25, 0.3) is 0 Å². The van der Waals surface area contributed by atoms with Gasteiger partial charge < -0.3 is 16.0 Å². The maximum absolute atomic E-state index is 11.9. The van der Waals surface area contributed by atoms with E-state index in [1.807, 2.05) is 6.20 Å².